The maximum atomic E-state index is 14.1. The van der Waals surface area contributed by atoms with Crippen LogP contribution in [-0.2, 0) is 5.41 Å². The molecule has 2 aromatic rings. The van der Waals surface area contributed by atoms with Crippen LogP contribution in [0.1, 0.15) is 31.2 Å². The molecule has 0 radical (unpaired) electrons. The minimum absolute atomic E-state index is 0.0147. The monoisotopic (exact) mass is 505 g/mol. The van der Waals surface area contributed by atoms with E-state index in [1.807, 2.05) is 6.07 Å². The van der Waals surface area contributed by atoms with Gasteiger partial charge in [0.15, 0.2) is 11.5 Å². The van der Waals surface area contributed by atoms with Crippen molar-refractivity contribution in [3.05, 3.63) is 52.3 Å². The molecule has 8 heteroatoms. The maximum absolute atomic E-state index is 14.1. The Balaban J connectivity index is 1.48. The summed E-state index contributed by atoms with van der Waals surface area (Å²) in [6.45, 7) is 1.00. The molecule has 2 aliphatic rings. The van der Waals surface area contributed by atoms with Crippen molar-refractivity contribution >= 4 is 27.6 Å². The highest BCUT2D eigenvalue weighted by Gasteiger charge is 2.50. The third-order valence-corrected chi connectivity index (χ3v) is 7.49. The molecule has 0 aromatic heterocycles. The predicted molar refractivity (Wildman–Crippen MR) is 126 cm³/mol. The molecule has 1 aliphatic heterocycles. The lowest BCUT2D eigenvalue weighted by Gasteiger charge is -2.45. The van der Waals surface area contributed by atoms with E-state index < -0.39 is 5.82 Å². The van der Waals surface area contributed by atoms with Gasteiger partial charge < -0.3 is 25.0 Å². The molecule has 1 saturated carbocycles. The highest BCUT2D eigenvalue weighted by molar-refractivity contribution is 9.10. The van der Waals surface area contributed by atoms with Crippen molar-refractivity contribution in [1.29, 1.82) is 0 Å². The molecule has 2 aromatic carbocycles. The fourth-order valence-electron chi connectivity index (χ4n) is 5.33. The summed E-state index contributed by atoms with van der Waals surface area (Å²) in [6.07, 6.45) is 3.71. The van der Waals surface area contributed by atoms with E-state index in [0.717, 1.165) is 43.7 Å². The van der Waals surface area contributed by atoms with Crippen LogP contribution in [0.4, 0.5) is 14.9 Å². The Hall–Kier alpha value is -2.32. The second-order valence-corrected chi connectivity index (χ2v) is 9.58. The smallest absolute Gasteiger partial charge is 0.319 e. The Kier molecular flexibility index (Phi) is 6.62. The van der Waals surface area contributed by atoms with Gasteiger partial charge in [-0.1, -0.05) is 22.0 Å². The van der Waals surface area contributed by atoms with Crippen LogP contribution < -0.4 is 20.1 Å². The first-order chi connectivity index (χ1) is 15.4. The number of halogens is 2. The molecule has 0 spiro atoms. The number of likely N-dealkylation sites (N-methyl/N-ethyl adjacent to an activating group) is 1. The Morgan fingerprint density at radius 2 is 1.94 bits per heavy atom. The molecular weight excluding hydrogens is 477 g/mol. The molecular formula is C24H29BrFN3O3. The molecule has 2 N–H and O–H groups in total. The standard InChI is InChI=1S/C24H29BrFN3O3/c1-29-11-10-24(15-4-7-20(31-2)21(12-15)32-3)9-8-17(14-22(24)29)27-23(30)28-19-6-5-16(25)13-18(19)26/h4-7,12-13,17,22H,8-11,14H2,1-3H3,(H2,27,28,30). The summed E-state index contributed by atoms with van der Waals surface area (Å²) in [5, 5.41) is 5.69. The highest BCUT2D eigenvalue weighted by Crippen LogP contribution is 2.49. The van der Waals surface area contributed by atoms with Crippen LogP contribution >= 0.6 is 15.9 Å². The van der Waals surface area contributed by atoms with Crippen molar-refractivity contribution < 1.29 is 18.7 Å². The third kappa shape index (κ3) is 4.30. The predicted octanol–water partition coefficient (Wildman–Crippen LogP) is 4.92. The number of hydrogen-bond donors (Lipinski definition) is 2. The van der Waals surface area contributed by atoms with E-state index in [9.17, 15) is 9.18 Å². The van der Waals surface area contributed by atoms with E-state index in [2.05, 4.69) is 50.6 Å². The molecule has 1 aliphatic carbocycles. The van der Waals surface area contributed by atoms with Gasteiger partial charge in [0.25, 0.3) is 0 Å². The first-order valence-electron chi connectivity index (χ1n) is 10.8. The normalized spacial score (nSPS) is 25.2. The number of nitrogens with one attached hydrogen (secondary N) is 2. The summed E-state index contributed by atoms with van der Waals surface area (Å²) in [6, 6.07) is 10.7. The fraction of sp³-hybridized carbons (Fsp3) is 0.458. The summed E-state index contributed by atoms with van der Waals surface area (Å²) in [5.74, 6) is 0.993. The van der Waals surface area contributed by atoms with Crippen LogP contribution in [0.15, 0.2) is 40.9 Å². The quantitative estimate of drug-likeness (QED) is 0.605. The molecule has 3 atom stereocenters. The van der Waals surface area contributed by atoms with Crippen molar-refractivity contribution in [3.63, 3.8) is 0 Å². The molecule has 6 nitrogen and oxygen atoms in total. The van der Waals surface area contributed by atoms with E-state index in [0.29, 0.717) is 10.5 Å². The fourth-order valence-corrected chi connectivity index (χ4v) is 5.66. The number of fused-ring (bicyclic) bond motifs is 1. The zero-order valence-electron chi connectivity index (χ0n) is 18.6. The minimum atomic E-state index is -0.471. The number of rotatable bonds is 5. The zero-order chi connectivity index (χ0) is 22.9. The number of carbonyl (C=O) groups excluding carboxylic acids is 1. The van der Waals surface area contributed by atoms with Gasteiger partial charge in [-0.15, -0.1) is 0 Å². The average Bonchev–Trinajstić information content (AvgIpc) is 3.12. The number of benzene rings is 2. The van der Waals surface area contributed by atoms with Gasteiger partial charge in [-0.3, -0.25) is 0 Å². The number of urea groups is 1. The Labute approximate surface area is 196 Å². The van der Waals surface area contributed by atoms with Crippen molar-refractivity contribution in [2.24, 2.45) is 0 Å². The molecule has 2 fully saturated rings. The average molecular weight is 506 g/mol. The van der Waals surface area contributed by atoms with Gasteiger partial charge in [-0.25, -0.2) is 9.18 Å². The molecule has 32 heavy (non-hydrogen) atoms. The molecule has 1 saturated heterocycles. The van der Waals surface area contributed by atoms with Crippen LogP contribution in [0.25, 0.3) is 0 Å². The largest absolute Gasteiger partial charge is 0.493 e. The Morgan fingerprint density at radius 1 is 1.16 bits per heavy atom. The summed E-state index contributed by atoms with van der Waals surface area (Å²) in [7, 11) is 5.45. The van der Waals surface area contributed by atoms with Crippen molar-refractivity contribution in [2.45, 2.75) is 43.2 Å². The van der Waals surface area contributed by atoms with Crippen LogP contribution in [0, 0.1) is 5.82 Å². The van der Waals surface area contributed by atoms with Crippen molar-refractivity contribution in [3.8, 4) is 11.5 Å². The number of carbonyl (C=O) groups is 1. The van der Waals surface area contributed by atoms with Crippen LogP contribution in [0.3, 0.4) is 0 Å². The van der Waals surface area contributed by atoms with E-state index in [1.165, 1.54) is 11.6 Å². The molecule has 4 rings (SSSR count). The number of likely N-dealkylation sites (tertiary alicyclic amines) is 1. The summed E-state index contributed by atoms with van der Waals surface area (Å²) >= 11 is 3.23. The van der Waals surface area contributed by atoms with Gasteiger partial charge in [-0.05, 0) is 75.2 Å². The molecule has 1 heterocycles. The Morgan fingerprint density at radius 3 is 2.66 bits per heavy atom. The molecule has 3 unspecified atom stereocenters. The molecule has 0 bridgehead atoms. The second-order valence-electron chi connectivity index (χ2n) is 8.67. The zero-order valence-corrected chi connectivity index (χ0v) is 20.2. The minimum Gasteiger partial charge on any atom is -0.493 e. The topological polar surface area (TPSA) is 62.8 Å². The van der Waals surface area contributed by atoms with Gasteiger partial charge >= 0.3 is 6.03 Å². The number of nitrogens with zero attached hydrogens (tertiary/aromatic N) is 1. The molecule has 2 amide bonds. The van der Waals surface area contributed by atoms with Crippen LogP contribution in [-0.4, -0.2) is 50.8 Å². The number of hydrogen-bond acceptors (Lipinski definition) is 4. The van der Waals surface area contributed by atoms with Gasteiger partial charge in [0.05, 0.1) is 19.9 Å². The lowest BCUT2D eigenvalue weighted by Crippen LogP contribution is -2.52. The molecule has 172 valence electrons. The first-order valence-corrected chi connectivity index (χ1v) is 11.6. The number of ether oxygens (including phenoxy) is 2. The maximum Gasteiger partial charge on any atom is 0.319 e. The second kappa shape index (κ2) is 9.27. The SMILES string of the molecule is COc1ccc(C23CCC(NC(=O)Nc4ccc(Br)cc4F)CC2N(C)CC3)cc1OC. The van der Waals surface area contributed by atoms with E-state index in [-0.39, 0.29) is 23.2 Å². The van der Waals surface area contributed by atoms with E-state index in [1.54, 1.807) is 26.4 Å². The summed E-state index contributed by atoms with van der Waals surface area (Å²) in [5.41, 5.74) is 1.43. The number of amides is 2. The van der Waals surface area contributed by atoms with Crippen LogP contribution in [0.5, 0.6) is 11.5 Å². The Bertz CT molecular complexity index is 1000. The van der Waals surface area contributed by atoms with Gasteiger partial charge in [0.2, 0.25) is 0 Å². The van der Waals surface area contributed by atoms with Crippen molar-refractivity contribution in [1.82, 2.24) is 10.2 Å². The number of methoxy groups -OCH3 is 2. The van der Waals surface area contributed by atoms with Gasteiger partial charge in [-0.2, -0.15) is 0 Å². The summed E-state index contributed by atoms with van der Waals surface area (Å²) < 4.78 is 25.7. The lowest BCUT2D eigenvalue weighted by atomic mass is 9.65. The first kappa shape index (κ1) is 22.9. The van der Waals surface area contributed by atoms with Gasteiger partial charge in [0.1, 0.15) is 5.82 Å². The third-order valence-electron chi connectivity index (χ3n) is 7.00. The van der Waals surface area contributed by atoms with Gasteiger partial charge in [0, 0.05) is 22.0 Å². The van der Waals surface area contributed by atoms with E-state index >= 15 is 0 Å². The van der Waals surface area contributed by atoms with Crippen molar-refractivity contribution in [2.75, 3.05) is 33.1 Å². The van der Waals surface area contributed by atoms with Crippen LogP contribution in [0.2, 0.25) is 0 Å². The number of anilines is 1. The lowest BCUT2D eigenvalue weighted by molar-refractivity contribution is 0.156. The highest BCUT2D eigenvalue weighted by atomic mass is 79.9. The summed E-state index contributed by atoms with van der Waals surface area (Å²) in [4.78, 5) is 14.9. The van der Waals surface area contributed by atoms with E-state index in [4.69, 9.17) is 9.47 Å².